The maximum absolute atomic E-state index is 13.0. The van der Waals surface area contributed by atoms with Gasteiger partial charge in [-0.1, -0.05) is 42.5 Å². The van der Waals surface area contributed by atoms with Gasteiger partial charge in [0.1, 0.15) is 6.04 Å². The Kier molecular flexibility index (Phi) is 4.01. The van der Waals surface area contributed by atoms with Gasteiger partial charge in [0.2, 0.25) is 5.91 Å². The summed E-state index contributed by atoms with van der Waals surface area (Å²) < 4.78 is 0. The zero-order chi connectivity index (χ0) is 17.4. The largest absolute Gasteiger partial charge is 0.324 e. The molecule has 1 aliphatic rings. The molecule has 2 amide bonds. The number of carbonyl (C=O) groups excluding carboxylic acids is 2. The highest BCUT2D eigenvalue weighted by molar-refractivity contribution is 7.12. The average Bonchev–Trinajstić information content (AvgIpc) is 3.18. The third-order valence-corrected chi connectivity index (χ3v) is 5.56. The van der Waals surface area contributed by atoms with Crippen LogP contribution < -0.4 is 4.90 Å². The Bertz CT molecular complexity index is 931. The zero-order valence-electron chi connectivity index (χ0n) is 13.9. The van der Waals surface area contributed by atoms with E-state index in [0.29, 0.717) is 18.0 Å². The zero-order valence-corrected chi connectivity index (χ0v) is 14.7. The van der Waals surface area contributed by atoms with Crippen LogP contribution in [0, 0.1) is 0 Å². The molecule has 1 aliphatic heterocycles. The molecule has 0 radical (unpaired) electrons. The minimum absolute atomic E-state index is 0.0347. The predicted molar refractivity (Wildman–Crippen MR) is 101 cm³/mol. The van der Waals surface area contributed by atoms with E-state index in [9.17, 15) is 9.59 Å². The molecule has 25 heavy (non-hydrogen) atoms. The summed E-state index contributed by atoms with van der Waals surface area (Å²) in [7, 11) is 0. The number of thiophene rings is 1. The minimum atomic E-state index is -0.470. The van der Waals surface area contributed by atoms with Gasteiger partial charge in [-0.25, -0.2) is 0 Å². The lowest BCUT2D eigenvalue weighted by molar-refractivity contribution is -0.124. The van der Waals surface area contributed by atoms with Gasteiger partial charge in [0.15, 0.2) is 0 Å². The van der Waals surface area contributed by atoms with Crippen molar-refractivity contribution in [3.63, 3.8) is 0 Å². The molecule has 4 nitrogen and oxygen atoms in total. The second-order valence-corrected chi connectivity index (χ2v) is 7.09. The van der Waals surface area contributed by atoms with Gasteiger partial charge in [0.25, 0.3) is 5.91 Å². The average molecular weight is 350 g/mol. The number of piperazine rings is 1. The van der Waals surface area contributed by atoms with Crippen LogP contribution in [0.3, 0.4) is 0 Å². The molecule has 5 heteroatoms. The Morgan fingerprint density at radius 1 is 1.04 bits per heavy atom. The van der Waals surface area contributed by atoms with Gasteiger partial charge < -0.3 is 9.80 Å². The number of hydrogen-bond donors (Lipinski definition) is 0. The van der Waals surface area contributed by atoms with Crippen molar-refractivity contribution in [2.75, 3.05) is 18.0 Å². The molecule has 0 saturated carbocycles. The molecule has 1 aromatic heterocycles. The monoisotopic (exact) mass is 350 g/mol. The van der Waals surface area contributed by atoms with Crippen molar-refractivity contribution in [3.8, 4) is 0 Å². The summed E-state index contributed by atoms with van der Waals surface area (Å²) in [5.74, 6) is -0.0964. The smallest absolute Gasteiger partial charge is 0.264 e. The van der Waals surface area contributed by atoms with E-state index in [2.05, 4.69) is 0 Å². The van der Waals surface area contributed by atoms with Crippen molar-refractivity contribution in [1.29, 1.82) is 0 Å². The van der Waals surface area contributed by atoms with Crippen molar-refractivity contribution in [2.45, 2.75) is 13.0 Å². The highest BCUT2D eigenvalue weighted by atomic mass is 32.1. The number of carbonyl (C=O) groups is 2. The second kappa shape index (κ2) is 6.33. The van der Waals surface area contributed by atoms with Crippen molar-refractivity contribution in [2.24, 2.45) is 0 Å². The first kappa shape index (κ1) is 15.8. The van der Waals surface area contributed by atoms with Crippen LogP contribution in [0.15, 0.2) is 60.0 Å². The molecule has 3 aromatic rings. The summed E-state index contributed by atoms with van der Waals surface area (Å²) in [5, 5.41) is 4.05. The van der Waals surface area contributed by atoms with Crippen LogP contribution in [0.4, 0.5) is 5.69 Å². The standard InChI is InChI=1S/C20H18N2O2S/c1-14-19(23)22(12-11-21(14)20(24)18-10-5-13-25-18)17-9-4-7-15-6-2-3-8-16(15)17/h2-10,13-14H,11-12H2,1H3. The molecule has 0 spiro atoms. The predicted octanol–water partition coefficient (Wildman–Crippen LogP) is 3.78. The maximum atomic E-state index is 13.0. The van der Waals surface area contributed by atoms with Gasteiger partial charge in [-0.05, 0) is 29.8 Å². The van der Waals surface area contributed by atoms with Crippen molar-refractivity contribution in [3.05, 3.63) is 64.9 Å². The van der Waals surface area contributed by atoms with Crippen LogP contribution in [0.5, 0.6) is 0 Å². The maximum Gasteiger partial charge on any atom is 0.264 e. The van der Waals surface area contributed by atoms with Crippen LogP contribution in [0.25, 0.3) is 10.8 Å². The SMILES string of the molecule is CC1C(=O)N(c2cccc3ccccc23)CCN1C(=O)c1cccs1. The van der Waals surface area contributed by atoms with Crippen LogP contribution in [-0.4, -0.2) is 35.8 Å². The lowest BCUT2D eigenvalue weighted by atomic mass is 10.1. The Hall–Kier alpha value is -2.66. The van der Waals surface area contributed by atoms with Gasteiger partial charge >= 0.3 is 0 Å². The van der Waals surface area contributed by atoms with Crippen molar-refractivity contribution in [1.82, 2.24) is 4.90 Å². The number of fused-ring (bicyclic) bond motifs is 1. The lowest BCUT2D eigenvalue weighted by Crippen LogP contribution is -2.57. The topological polar surface area (TPSA) is 40.6 Å². The molecular formula is C20H18N2O2S. The second-order valence-electron chi connectivity index (χ2n) is 6.14. The fourth-order valence-electron chi connectivity index (χ4n) is 3.37. The van der Waals surface area contributed by atoms with E-state index in [0.717, 1.165) is 16.5 Å². The minimum Gasteiger partial charge on any atom is -0.324 e. The summed E-state index contributed by atoms with van der Waals surface area (Å²) in [6.07, 6.45) is 0. The van der Waals surface area contributed by atoms with E-state index < -0.39 is 6.04 Å². The summed E-state index contributed by atoms with van der Waals surface area (Å²) in [4.78, 5) is 29.8. The van der Waals surface area contributed by atoms with E-state index >= 15 is 0 Å². The molecule has 1 fully saturated rings. The van der Waals surface area contributed by atoms with Gasteiger partial charge in [0.05, 0.1) is 10.6 Å². The lowest BCUT2D eigenvalue weighted by Gasteiger charge is -2.39. The number of benzene rings is 2. The fourth-order valence-corrected chi connectivity index (χ4v) is 4.05. The first-order chi connectivity index (χ1) is 12.2. The normalized spacial score (nSPS) is 18.0. The molecule has 0 bridgehead atoms. The van der Waals surface area contributed by atoms with Crippen LogP contribution in [0.1, 0.15) is 16.6 Å². The van der Waals surface area contributed by atoms with E-state index in [-0.39, 0.29) is 11.8 Å². The van der Waals surface area contributed by atoms with Crippen molar-refractivity contribution >= 4 is 39.6 Å². The molecular weight excluding hydrogens is 332 g/mol. The van der Waals surface area contributed by atoms with Crippen molar-refractivity contribution < 1.29 is 9.59 Å². The van der Waals surface area contributed by atoms with Crippen LogP contribution in [0.2, 0.25) is 0 Å². The third kappa shape index (κ3) is 2.70. The van der Waals surface area contributed by atoms with E-state index in [1.807, 2.05) is 65.7 Å². The Morgan fingerprint density at radius 2 is 1.84 bits per heavy atom. The van der Waals surface area contributed by atoms with Gasteiger partial charge in [-0.3, -0.25) is 9.59 Å². The highest BCUT2D eigenvalue weighted by Gasteiger charge is 2.36. The number of amides is 2. The van der Waals surface area contributed by atoms with Gasteiger partial charge in [-0.2, -0.15) is 0 Å². The van der Waals surface area contributed by atoms with E-state index in [1.165, 1.54) is 11.3 Å². The Balaban J connectivity index is 1.64. The molecule has 1 unspecified atom stereocenters. The number of nitrogens with zero attached hydrogens (tertiary/aromatic N) is 2. The van der Waals surface area contributed by atoms with Crippen LogP contribution >= 0.6 is 11.3 Å². The van der Waals surface area contributed by atoms with Gasteiger partial charge in [0, 0.05) is 18.5 Å². The first-order valence-corrected chi connectivity index (χ1v) is 9.18. The molecule has 4 rings (SSSR count). The number of hydrogen-bond acceptors (Lipinski definition) is 3. The summed E-state index contributed by atoms with van der Waals surface area (Å²) >= 11 is 1.41. The molecule has 0 N–H and O–H groups in total. The molecule has 1 saturated heterocycles. The first-order valence-electron chi connectivity index (χ1n) is 8.30. The number of rotatable bonds is 2. The third-order valence-electron chi connectivity index (χ3n) is 4.71. The van der Waals surface area contributed by atoms with Gasteiger partial charge in [-0.15, -0.1) is 11.3 Å². The fraction of sp³-hybridized carbons (Fsp3) is 0.200. The summed E-state index contributed by atoms with van der Waals surface area (Å²) in [6.45, 7) is 2.85. The number of anilines is 1. The molecule has 1 atom stereocenters. The molecule has 2 heterocycles. The molecule has 126 valence electrons. The quantitative estimate of drug-likeness (QED) is 0.706. The summed E-state index contributed by atoms with van der Waals surface area (Å²) in [5.41, 5.74) is 0.915. The molecule has 0 aliphatic carbocycles. The highest BCUT2D eigenvalue weighted by Crippen LogP contribution is 2.29. The summed E-state index contributed by atoms with van der Waals surface area (Å²) in [6, 6.07) is 17.2. The van der Waals surface area contributed by atoms with E-state index in [4.69, 9.17) is 0 Å². The Labute approximate surface area is 150 Å². The van der Waals surface area contributed by atoms with Crippen LogP contribution in [-0.2, 0) is 4.79 Å². The van der Waals surface area contributed by atoms with E-state index in [1.54, 1.807) is 11.0 Å². The Morgan fingerprint density at radius 3 is 2.64 bits per heavy atom. The molecule has 2 aromatic carbocycles.